The summed E-state index contributed by atoms with van der Waals surface area (Å²) < 4.78 is 75.0. The molecule has 3 aromatic rings. The second kappa shape index (κ2) is 9.26. The van der Waals surface area contributed by atoms with Crippen LogP contribution in [0.25, 0.3) is 10.9 Å². The van der Waals surface area contributed by atoms with E-state index in [0.29, 0.717) is 31.7 Å². The summed E-state index contributed by atoms with van der Waals surface area (Å²) in [6.07, 6.45) is -1.50. The maximum Gasteiger partial charge on any atom is 0.318 e. The van der Waals surface area contributed by atoms with Gasteiger partial charge >= 0.3 is 6.01 Å². The number of hydrogen-bond donors (Lipinski definition) is 1. The molecule has 0 amide bonds. The van der Waals surface area contributed by atoms with Gasteiger partial charge in [-0.05, 0) is 13.8 Å². The Morgan fingerprint density at radius 2 is 1.97 bits per heavy atom. The largest absolute Gasteiger partial charge is 0.467 e. The molecule has 1 N–H and O–H groups in total. The number of pyridine rings is 1. The van der Waals surface area contributed by atoms with Crippen molar-refractivity contribution in [2.24, 2.45) is 0 Å². The number of benzene rings is 1. The zero-order valence-corrected chi connectivity index (χ0v) is 17.9. The summed E-state index contributed by atoms with van der Waals surface area (Å²) in [5, 5.41) is 5.06. The molecule has 0 radical (unpaired) electrons. The monoisotopic (exact) mass is 466 g/mol. The highest BCUT2D eigenvalue weighted by Crippen LogP contribution is 2.31. The number of anilines is 1. The second-order valence-corrected chi connectivity index (χ2v) is 7.61. The van der Waals surface area contributed by atoms with Gasteiger partial charge in [0.1, 0.15) is 11.6 Å². The number of fused-ring (bicyclic) bond motifs is 1. The highest BCUT2D eigenvalue weighted by atomic mass is 19.3. The minimum atomic E-state index is -3.00. The first-order valence-corrected chi connectivity index (χ1v) is 10.2. The number of ether oxygens (including phenoxy) is 2. The number of nitrogens with zero attached hydrogens (tertiary/aromatic N) is 4. The van der Waals surface area contributed by atoms with Crippen LogP contribution in [-0.4, -0.2) is 48.0 Å². The quantitative estimate of drug-likeness (QED) is 0.597. The van der Waals surface area contributed by atoms with Crippen LogP contribution in [0.3, 0.4) is 0 Å². The van der Waals surface area contributed by atoms with Crippen LogP contribution in [0.15, 0.2) is 29.2 Å². The molecule has 1 aliphatic heterocycles. The maximum absolute atomic E-state index is 14.8. The molecule has 33 heavy (non-hydrogen) atoms. The van der Waals surface area contributed by atoms with E-state index in [1.807, 2.05) is 0 Å². The molecule has 4 rings (SSSR count). The van der Waals surface area contributed by atoms with E-state index < -0.39 is 36.9 Å². The van der Waals surface area contributed by atoms with E-state index in [-0.39, 0.29) is 28.0 Å². The molecule has 1 atom stereocenters. The predicted octanol–water partition coefficient (Wildman–Crippen LogP) is 3.33. The van der Waals surface area contributed by atoms with Gasteiger partial charge in [0.15, 0.2) is 0 Å². The van der Waals surface area contributed by atoms with Gasteiger partial charge in [-0.2, -0.15) is 9.97 Å². The zero-order chi connectivity index (χ0) is 26.2. The van der Waals surface area contributed by atoms with E-state index in [2.05, 4.69) is 15.3 Å². The topological polar surface area (TPSA) is 81.5 Å². The lowest BCUT2D eigenvalue weighted by molar-refractivity contribution is 0.110. The van der Waals surface area contributed by atoms with E-state index in [0.717, 1.165) is 6.07 Å². The van der Waals surface area contributed by atoms with Crippen molar-refractivity contribution < 1.29 is 26.8 Å². The first kappa shape index (κ1) is 19.2. The van der Waals surface area contributed by atoms with Crippen molar-refractivity contribution in [2.75, 3.05) is 43.7 Å². The second-order valence-electron chi connectivity index (χ2n) is 7.61. The van der Waals surface area contributed by atoms with E-state index in [1.165, 1.54) is 36.9 Å². The molecule has 8 nitrogen and oxygen atoms in total. The molecule has 0 unspecified atom stereocenters. The average molecular weight is 466 g/mol. The Morgan fingerprint density at radius 1 is 1.24 bits per heavy atom. The molecule has 1 fully saturated rings. The fraction of sp³-hybridized carbons (Fsp3) is 0.409. The average Bonchev–Trinajstić information content (AvgIpc) is 2.81. The van der Waals surface area contributed by atoms with Crippen molar-refractivity contribution in [1.82, 2.24) is 14.6 Å². The van der Waals surface area contributed by atoms with Crippen molar-refractivity contribution in [3.8, 4) is 6.01 Å². The van der Waals surface area contributed by atoms with Crippen molar-refractivity contribution >= 4 is 16.7 Å². The molecule has 3 heterocycles. The van der Waals surface area contributed by atoms with Gasteiger partial charge < -0.3 is 19.8 Å². The van der Waals surface area contributed by atoms with Crippen LogP contribution in [0.2, 0.25) is 0 Å². The van der Waals surface area contributed by atoms with Gasteiger partial charge in [0.2, 0.25) is 0 Å². The molecule has 1 aromatic carbocycles. The van der Waals surface area contributed by atoms with Gasteiger partial charge in [0.05, 0.1) is 60.0 Å². The standard InChI is InChI=1S/C22H24F3N5O3/c1-12-18-16(11-30(21(12)31)29-7-9-33-10-8-29)20(28-22(27-18)32-3)26-13(2)14-5-4-6-15(17(14)23)19(24)25/h4-6,11,13,19H,7-10H2,1-3H3,(H,26,27,28)/t13-/m1/s1/i3D3. The number of hydrogen-bond acceptors (Lipinski definition) is 7. The normalized spacial score (nSPS) is 16.9. The summed E-state index contributed by atoms with van der Waals surface area (Å²) in [6, 6.07) is 2.29. The maximum atomic E-state index is 14.8. The molecular formula is C22H24F3N5O3. The highest BCUT2D eigenvalue weighted by Gasteiger charge is 2.22. The Hall–Kier alpha value is -3.34. The summed E-state index contributed by atoms with van der Waals surface area (Å²) in [4.78, 5) is 21.4. The molecule has 2 aromatic heterocycles. The van der Waals surface area contributed by atoms with E-state index in [4.69, 9.17) is 13.6 Å². The van der Waals surface area contributed by atoms with Crippen LogP contribution in [0.4, 0.5) is 19.0 Å². The van der Waals surface area contributed by atoms with Gasteiger partial charge in [-0.15, -0.1) is 0 Å². The Balaban J connectivity index is 1.85. The SMILES string of the molecule is [2H]C([2H])([2H])Oc1nc(N[C@H](C)c2cccc(C(F)F)c2F)c2cn(N3CCOCC3)c(=O)c(C)c2n1. The number of aromatic nitrogens is 3. The molecule has 11 heteroatoms. The Labute approximate surface area is 192 Å². The molecule has 1 aliphatic rings. The van der Waals surface area contributed by atoms with Crippen LogP contribution < -0.4 is 20.6 Å². The van der Waals surface area contributed by atoms with Crippen molar-refractivity contribution in [3.63, 3.8) is 0 Å². The van der Waals surface area contributed by atoms with Crippen LogP contribution in [0.1, 0.15) is 40.2 Å². The third-order valence-electron chi connectivity index (χ3n) is 5.56. The number of rotatable bonds is 6. The third-order valence-corrected chi connectivity index (χ3v) is 5.56. The lowest BCUT2D eigenvalue weighted by atomic mass is 10.0. The lowest BCUT2D eigenvalue weighted by Crippen LogP contribution is -2.49. The van der Waals surface area contributed by atoms with Crippen LogP contribution in [0, 0.1) is 12.7 Å². The summed E-state index contributed by atoms with van der Waals surface area (Å²) in [6.45, 7) is 4.83. The molecule has 0 spiro atoms. The number of halogens is 3. The van der Waals surface area contributed by atoms with Crippen molar-refractivity contribution in [2.45, 2.75) is 26.3 Å². The molecule has 1 saturated heterocycles. The van der Waals surface area contributed by atoms with E-state index in [1.54, 1.807) is 5.01 Å². The number of morpholine rings is 1. The zero-order valence-electron chi connectivity index (χ0n) is 20.9. The Morgan fingerprint density at radius 3 is 2.67 bits per heavy atom. The molecule has 0 aliphatic carbocycles. The minimum absolute atomic E-state index is 0.0405. The third kappa shape index (κ3) is 4.32. The van der Waals surface area contributed by atoms with Gasteiger partial charge in [-0.1, -0.05) is 18.2 Å². The highest BCUT2D eigenvalue weighted by molar-refractivity contribution is 5.90. The van der Waals surface area contributed by atoms with Gasteiger partial charge in [-0.25, -0.2) is 17.8 Å². The van der Waals surface area contributed by atoms with Crippen molar-refractivity contribution in [3.05, 3.63) is 57.3 Å². The van der Waals surface area contributed by atoms with Gasteiger partial charge in [0.25, 0.3) is 12.0 Å². The number of alkyl halides is 2. The summed E-state index contributed by atoms with van der Waals surface area (Å²) in [5.41, 5.74) is -0.820. The minimum Gasteiger partial charge on any atom is -0.467 e. The molecular weight excluding hydrogens is 439 g/mol. The number of aryl methyl sites for hydroxylation is 1. The van der Waals surface area contributed by atoms with E-state index in [9.17, 15) is 18.0 Å². The molecule has 176 valence electrons. The predicted molar refractivity (Wildman–Crippen MR) is 117 cm³/mol. The fourth-order valence-electron chi connectivity index (χ4n) is 3.80. The summed E-state index contributed by atoms with van der Waals surface area (Å²) >= 11 is 0. The van der Waals surface area contributed by atoms with Gasteiger partial charge in [-0.3, -0.25) is 4.79 Å². The van der Waals surface area contributed by atoms with E-state index >= 15 is 0 Å². The Bertz CT molecular complexity index is 1330. The number of methoxy groups -OCH3 is 1. The van der Waals surface area contributed by atoms with Crippen LogP contribution in [0.5, 0.6) is 6.01 Å². The fourth-order valence-corrected chi connectivity index (χ4v) is 3.80. The number of nitrogens with one attached hydrogen (secondary N) is 1. The Kier molecular flexibility index (Phi) is 5.38. The smallest absolute Gasteiger partial charge is 0.318 e. The molecule has 0 saturated carbocycles. The van der Waals surface area contributed by atoms with Crippen LogP contribution in [-0.2, 0) is 4.74 Å². The summed E-state index contributed by atoms with van der Waals surface area (Å²) in [5.74, 6) is -1.02. The van der Waals surface area contributed by atoms with Crippen LogP contribution >= 0.6 is 0 Å². The van der Waals surface area contributed by atoms with Crippen molar-refractivity contribution in [1.29, 1.82) is 0 Å². The lowest BCUT2D eigenvalue weighted by Gasteiger charge is -2.30. The summed E-state index contributed by atoms with van der Waals surface area (Å²) in [7, 11) is -2.87. The molecule has 0 bridgehead atoms. The first-order chi connectivity index (χ1) is 17.0. The van der Waals surface area contributed by atoms with Gasteiger partial charge in [0, 0.05) is 17.3 Å². The first-order valence-electron chi connectivity index (χ1n) is 11.7.